The van der Waals surface area contributed by atoms with Crippen LogP contribution in [-0.2, 0) is 4.74 Å². The second-order valence-electron chi connectivity index (χ2n) is 5.63. The maximum atomic E-state index is 5.77. The van der Waals surface area contributed by atoms with E-state index < -0.39 is 0 Å². The van der Waals surface area contributed by atoms with Gasteiger partial charge in [-0.1, -0.05) is 27.7 Å². The van der Waals surface area contributed by atoms with Crippen LogP contribution in [0.3, 0.4) is 0 Å². The van der Waals surface area contributed by atoms with Crippen LogP contribution in [0.25, 0.3) is 0 Å². The topological polar surface area (TPSA) is 9.23 Å². The molecule has 0 aromatic heterocycles. The second-order valence-corrected chi connectivity index (χ2v) is 5.63. The minimum Gasteiger partial charge on any atom is -0.376 e. The molecule has 0 aromatic carbocycles. The number of rotatable bonds is 5. The van der Waals surface area contributed by atoms with Crippen LogP contribution in [0.1, 0.15) is 60.8 Å². The van der Waals surface area contributed by atoms with Crippen LogP contribution in [-0.4, -0.2) is 12.2 Å². The largest absolute Gasteiger partial charge is 0.376 e. The van der Waals surface area contributed by atoms with Gasteiger partial charge in [-0.3, -0.25) is 0 Å². The van der Waals surface area contributed by atoms with E-state index in [4.69, 9.17) is 4.74 Å². The van der Waals surface area contributed by atoms with Crippen molar-refractivity contribution in [2.45, 2.75) is 66.4 Å². The lowest BCUT2D eigenvalue weighted by atomic mass is 9.91. The van der Waals surface area contributed by atoms with Gasteiger partial charge in [0.2, 0.25) is 0 Å². The van der Waals surface area contributed by atoms with Gasteiger partial charge in [-0.25, -0.2) is 0 Å². The Morgan fingerprint density at radius 3 is 1.92 bits per heavy atom. The van der Waals surface area contributed by atoms with Crippen molar-refractivity contribution < 1.29 is 4.74 Å². The lowest BCUT2D eigenvalue weighted by molar-refractivity contribution is -0.0238. The standard InChI is InChI=1S/C12H26O/c1-7-12(5,6)13-10-8-9-11(2,3)4/h7-10H2,1-6H3. The molecule has 0 radical (unpaired) electrons. The fourth-order valence-corrected chi connectivity index (χ4v) is 1.05. The van der Waals surface area contributed by atoms with Crippen molar-refractivity contribution in [3.8, 4) is 0 Å². The van der Waals surface area contributed by atoms with E-state index >= 15 is 0 Å². The Balaban J connectivity index is 3.47. The molecule has 0 saturated carbocycles. The Kier molecular flexibility index (Phi) is 4.98. The van der Waals surface area contributed by atoms with Gasteiger partial charge in [0.05, 0.1) is 5.60 Å². The van der Waals surface area contributed by atoms with E-state index in [9.17, 15) is 0 Å². The van der Waals surface area contributed by atoms with Gasteiger partial charge in [-0.05, 0) is 38.5 Å². The number of hydrogen-bond acceptors (Lipinski definition) is 1. The van der Waals surface area contributed by atoms with E-state index in [1.807, 2.05) is 0 Å². The third kappa shape index (κ3) is 8.29. The van der Waals surface area contributed by atoms with Crippen molar-refractivity contribution in [1.82, 2.24) is 0 Å². The second kappa shape index (κ2) is 4.99. The maximum absolute atomic E-state index is 5.77. The fourth-order valence-electron chi connectivity index (χ4n) is 1.05. The van der Waals surface area contributed by atoms with Crippen molar-refractivity contribution in [3.05, 3.63) is 0 Å². The van der Waals surface area contributed by atoms with Crippen molar-refractivity contribution in [2.75, 3.05) is 6.61 Å². The molecule has 1 nitrogen and oxygen atoms in total. The minimum absolute atomic E-state index is 0.0673. The Labute approximate surface area is 83.9 Å². The molecule has 0 aromatic rings. The van der Waals surface area contributed by atoms with Crippen LogP contribution < -0.4 is 0 Å². The molecule has 0 saturated heterocycles. The molecule has 0 fully saturated rings. The van der Waals surface area contributed by atoms with Crippen molar-refractivity contribution >= 4 is 0 Å². The smallest absolute Gasteiger partial charge is 0.0623 e. The van der Waals surface area contributed by atoms with Crippen LogP contribution in [0.5, 0.6) is 0 Å². The van der Waals surface area contributed by atoms with Crippen molar-refractivity contribution in [3.63, 3.8) is 0 Å². The van der Waals surface area contributed by atoms with Gasteiger partial charge in [0.25, 0.3) is 0 Å². The third-order valence-electron chi connectivity index (χ3n) is 2.42. The predicted molar refractivity (Wildman–Crippen MR) is 59.0 cm³/mol. The van der Waals surface area contributed by atoms with Gasteiger partial charge in [0.1, 0.15) is 0 Å². The Hall–Kier alpha value is -0.0400. The molecule has 0 rings (SSSR count). The molecular formula is C12H26O. The van der Waals surface area contributed by atoms with E-state index in [1.54, 1.807) is 0 Å². The molecule has 0 bridgehead atoms. The Bertz CT molecular complexity index is 131. The summed E-state index contributed by atoms with van der Waals surface area (Å²) >= 11 is 0. The highest BCUT2D eigenvalue weighted by Crippen LogP contribution is 2.21. The molecule has 0 amide bonds. The summed E-state index contributed by atoms with van der Waals surface area (Å²) in [5.41, 5.74) is 0.512. The molecular weight excluding hydrogens is 160 g/mol. The lowest BCUT2D eigenvalue weighted by Gasteiger charge is -2.25. The molecule has 0 atom stereocenters. The van der Waals surface area contributed by atoms with Gasteiger partial charge in [0.15, 0.2) is 0 Å². The summed E-state index contributed by atoms with van der Waals surface area (Å²) in [5, 5.41) is 0. The van der Waals surface area contributed by atoms with E-state index in [0.29, 0.717) is 5.41 Å². The van der Waals surface area contributed by atoms with Crippen LogP contribution in [0.4, 0.5) is 0 Å². The zero-order valence-corrected chi connectivity index (χ0v) is 10.2. The first-order chi connectivity index (χ1) is 5.77. The van der Waals surface area contributed by atoms with Gasteiger partial charge < -0.3 is 4.74 Å². The third-order valence-corrected chi connectivity index (χ3v) is 2.42. The van der Waals surface area contributed by atoms with E-state index in [1.165, 1.54) is 12.8 Å². The summed E-state index contributed by atoms with van der Waals surface area (Å²) in [6.45, 7) is 14.2. The molecule has 0 aliphatic carbocycles. The van der Waals surface area contributed by atoms with E-state index in [0.717, 1.165) is 13.0 Å². The first kappa shape index (κ1) is 13.0. The van der Waals surface area contributed by atoms with Crippen molar-refractivity contribution in [2.24, 2.45) is 5.41 Å². The highest BCUT2D eigenvalue weighted by molar-refractivity contribution is 4.66. The first-order valence-electron chi connectivity index (χ1n) is 5.41. The normalized spacial score (nSPS) is 13.4. The zero-order valence-electron chi connectivity index (χ0n) is 10.2. The average Bonchev–Trinajstić information content (AvgIpc) is 1.97. The summed E-state index contributed by atoms with van der Waals surface area (Å²) in [4.78, 5) is 0. The summed E-state index contributed by atoms with van der Waals surface area (Å²) in [5.74, 6) is 0. The maximum Gasteiger partial charge on any atom is 0.0623 e. The quantitative estimate of drug-likeness (QED) is 0.589. The highest BCUT2D eigenvalue weighted by atomic mass is 16.5. The van der Waals surface area contributed by atoms with Gasteiger partial charge in [-0.2, -0.15) is 0 Å². The summed E-state index contributed by atoms with van der Waals surface area (Å²) in [7, 11) is 0. The number of ether oxygens (including phenoxy) is 1. The van der Waals surface area contributed by atoms with Crippen LogP contribution in [0.2, 0.25) is 0 Å². The molecule has 0 spiro atoms. The minimum atomic E-state index is 0.0673. The molecule has 0 aliphatic heterocycles. The summed E-state index contributed by atoms with van der Waals surface area (Å²) in [6.07, 6.45) is 3.50. The molecule has 0 N–H and O–H groups in total. The lowest BCUT2D eigenvalue weighted by Crippen LogP contribution is -2.24. The van der Waals surface area contributed by atoms with Gasteiger partial charge in [0, 0.05) is 6.61 Å². The van der Waals surface area contributed by atoms with Gasteiger partial charge >= 0.3 is 0 Å². The Morgan fingerprint density at radius 2 is 1.54 bits per heavy atom. The monoisotopic (exact) mass is 186 g/mol. The van der Waals surface area contributed by atoms with E-state index in [-0.39, 0.29) is 5.60 Å². The molecule has 1 heteroatoms. The van der Waals surface area contributed by atoms with E-state index in [2.05, 4.69) is 41.5 Å². The van der Waals surface area contributed by atoms with Crippen LogP contribution in [0, 0.1) is 5.41 Å². The molecule has 13 heavy (non-hydrogen) atoms. The highest BCUT2D eigenvalue weighted by Gasteiger charge is 2.15. The van der Waals surface area contributed by atoms with Crippen molar-refractivity contribution in [1.29, 1.82) is 0 Å². The average molecular weight is 186 g/mol. The summed E-state index contributed by atoms with van der Waals surface area (Å²) in [6, 6.07) is 0. The molecule has 0 unspecified atom stereocenters. The molecule has 0 heterocycles. The first-order valence-corrected chi connectivity index (χ1v) is 5.41. The summed E-state index contributed by atoms with van der Waals surface area (Å²) < 4.78 is 5.77. The molecule has 0 aliphatic rings. The zero-order chi connectivity index (χ0) is 10.5. The Morgan fingerprint density at radius 1 is 1.00 bits per heavy atom. The van der Waals surface area contributed by atoms with Crippen LogP contribution in [0.15, 0.2) is 0 Å². The molecule has 80 valence electrons. The SMILES string of the molecule is CCC(C)(C)OCCCC(C)(C)C. The van der Waals surface area contributed by atoms with Gasteiger partial charge in [-0.15, -0.1) is 0 Å². The predicted octanol–water partition coefficient (Wildman–Crippen LogP) is 4.02. The fraction of sp³-hybridized carbons (Fsp3) is 1.00. The van der Waals surface area contributed by atoms with Crippen LogP contribution >= 0.6 is 0 Å². The number of hydrogen-bond donors (Lipinski definition) is 0.